The number of hydrogen-bond donors (Lipinski definition) is 1. The van der Waals surface area contributed by atoms with Gasteiger partial charge in [0, 0.05) is 13.2 Å². The van der Waals surface area contributed by atoms with Crippen molar-refractivity contribution in [2.24, 2.45) is 0 Å². The molecule has 0 aliphatic carbocycles. The van der Waals surface area contributed by atoms with Crippen LogP contribution in [0.25, 0.3) is 0 Å². The van der Waals surface area contributed by atoms with Crippen LogP contribution in [0.15, 0.2) is 47.5 Å². The van der Waals surface area contributed by atoms with Gasteiger partial charge in [0.15, 0.2) is 0 Å². The van der Waals surface area contributed by atoms with Gasteiger partial charge in [0.2, 0.25) is 0 Å². The van der Waals surface area contributed by atoms with E-state index in [-0.39, 0.29) is 10.6 Å². The van der Waals surface area contributed by atoms with Crippen LogP contribution < -0.4 is 10.0 Å². The average molecular weight is 277 g/mol. The first-order valence-electron chi connectivity index (χ1n) is 5.69. The van der Waals surface area contributed by atoms with Gasteiger partial charge < -0.3 is 5.73 Å². The van der Waals surface area contributed by atoms with E-state index < -0.39 is 10.0 Å². The van der Waals surface area contributed by atoms with E-state index in [1.165, 1.54) is 13.1 Å². The number of hydrogen-bond acceptors (Lipinski definition) is 4. The maximum absolute atomic E-state index is 12.5. The Balaban J connectivity index is 2.48. The molecule has 0 saturated carbocycles. The first kappa shape index (κ1) is 13.4. The van der Waals surface area contributed by atoms with Gasteiger partial charge in [0.1, 0.15) is 10.7 Å². The number of rotatable bonds is 3. The Morgan fingerprint density at radius 3 is 2.53 bits per heavy atom. The Morgan fingerprint density at radius 2 is 1.95 bits per heavy atom. The maximum atomic E-state index is 12.5. The molecular weight excluding hydrogens is 262 g/mol. The smallest absolute Gasteiger partial charge is 0.267 e. The number of benzene rings is 1. The van der Waals surface area contributed by atoms with Crippen LogP contribution in [0, 0.1) is 6.92 Å². The molecule has 2 aromatic rings. The van der Waals surface area contributed by atoms with Crippen molar-refractivity contribution < 1.29 is 8.42 Å². The zero-order valence-corrected chi connectivity index (χ0v) is 11.6. The molecule has 0 spiro atoms. The normalized spacial score (nSPS) is 11.3. The molecule has 0 fully saturated rings. The highest BCUT2D eigenvalue weighted by molar-refractivity contribution is 7.93. The van der Waals surface area contributed by atoms with Crippen LogP contribution in [0.3, 0.4) is 0 Å². The SMILES string of the molecule is Cc1ccc(S(=O)(=O)N(C)c2ccccn2)c(N)c1. The van der Waals surface area contributed by atoms with E-state index in [1.807, 2.05) is 6.92 Å². The minimum absolute atomic E-state index is 0.0891. The second kappa shape index (κ2) is 4.89. The quantitative estimate of drug-likeness (QED) is 0.868. The third-order valence-corrected chi connectivity index (χ3v) is 4.61. The van der Waals surface area contributed by atoms with Gasteiger partial charge >= 0.3 is 0 Å². The monoisotopic (exact) mass is 277 g/mol. The summed E-state index contributed by atoms with van der Waals surface area (Å²) in [4.78, 5) is 4.11. The van der Waals surface area contributed by atoms with Crippen molar-refractivity contribution in [1.29, 1.82) is 0 Å². The van der Waals surface area contributed by atoms with Gasteiger partial charge in [-0.3, -0.25) is 4.31 Å². The molecule has 1 aromatic heterocycles. The summed E-state index contributed by atoms with van der Waals surface area (Å²) < 4.78 is 26.1. The molecule has 5 nitrogen and oxygen atoms in total. The molecule has 1 aromatic carbocycles. The average Bonchev–Trinajstić information content (AvgIpc) is 2.38. The van der Waals surface area contributed by atoms with Crippen LogP contribution in [-0.4, -0.2) is 20.4 Å². The van der Waals surface area contributed by atoms with Crippen molar-refractivity contribution >= 4 is 21.5 Å². The van der Waals surface area contributed by atoms with Gasteiger partial charge in [0.25, 0.3) is 10.0 Å². The Hall–Kier alpha value is -2.08. The second-order valence-electron chi connectivity index (χ2n) is 4.20. The summed E-state index contributed by atoms with van der Waals surface area (Å²) in [6.45, 7) is 1.86. The highest BCUT2D eigenvalue weighted by atomic mass is 32.2. The van der Waals surface area contributed by atoms with Crippen LogP contribution in [0.1, 0.15) is 5.56 Å². The minimum atomic E-state index is -3.69. The summed E-state index contributed by atoms with van der Waals surface area (Å²) in [5, 5.41) is 0. The van der Waals surface area contributed by atoms with Gasteiger partial charge in [-0.25, -0.2) is 13.4 Å². The summed E-state index contributed by atoms with van der Waals surface area (Å²) in [7, 11) is -2.24. The van der Waals surface area contributed by atoms with Gasteiger partial charge in [-0.1, -0.05) is 12.1 Å². The molecule has 0 aliphatic rings. The summed E-state index contributed by atoms with van der Waals surface area (Å²) in [5.74, 6) is 0.350. The van der Waals surface area contributed by atoms with Gasteiger partial charge in [-0.2, -0.15) is 0 Å². The lowest BCUT2D eigenvalue weighted by Gasteiger charge is -2.19. The molecule has 0 aliphatic heterocycles. The minimum Gasteiger partial charge on any atom is -0.398 e. The molecular formula is C13H15N3O2S. The molecule has 0 atom stereocenters. The molecule has 100 valence electrons. The molecule has 0 bridgehead atoms. The summed E-state index contributed by atoms with van der Waals surface area (Å²) >= 11 is 0. The third-order valence-electron chi connectivity index (χ3n) is 2.78. The Labute approximate surface area is 112 Å². The van der Waals surface area contributed by atoms with Crippen molar-refractivity contribution in [3.8, 4) is 0 Å². The highest BCUT2D eigenvalue weighted by Crippen LogP contribution is 2.25. The Bertz CT molecular complexity index is 684. The zero-order chi connectivity index (χ0) is 14.0. The van der Waals surface area contributed by atoms with Gasteiger partial charge in [0.05, 0.1) is 5.69 Å². The fourth-order valence-electron chi connectivity index (χ4n) is 1.71. The lowest BCUT2D eigenvalue weighted by Crippen LogP contribution is -2.28. The third kappa shape index (κ3) is 2.53. The van der Waals surface area contributed by atoms with Crippen molar-refractivity contribution in [2.75, 3.05) is 17.1 Å². The van der Waals surface area contributed by atoms with E-state index in [1.54, 1.807) is 36.5 Å². The van der Waals surface area contributed by atoms with E-state index in [4.69, 9.17) is 5.73 Å². The number of anilines is 2. The zero-order valence-electron chi connectivity index (χ0n) is 10.7. The molecule has 0 unspecified atom stereocenters. The second-order valence-corrected chi connectivity index (χ2v) is 6.14. The highest BCUT2D eigenvalue weighted by Gasteiger charge is 2.24. The predicted molar refractivity (Wildman–Crippen MR) is 75.4 cm³/mol. The molecule has 0 saturated heterocycles. The number of nitrogens with two attached hydrogens (primary N) is 1. The lowest BCUT2D eigenvalue weighted by atomic mass is 10.2. The molecule has 6 heteroatoms. The van der Waals surface area contributed by atoms with Crippen LogP contribution in [0.5, 0.6) is 0 Å². The first-order chi connectivity index (χ1) is 8.93. The standard InChI is InChI=1S/C13H15N3O2S/c1-10-6-7-12(11(14)9-10)19(17,18)16(2)13-5-3-4-8-15-13/h3-9H,14H2,1-2H3. The summed E-state index contributed by atoms with van der Waals surface area (Å²) in [6.07, 6.45) is 1.54. The lowest BCUT2D eigenvalue weighted by molar-refractivity contribution is 0.594. The maximum Gasteiger partial charge on any atom is 0.267 e. The molecule has 19 heavy (non-hydrogen) atoms. The molecule has 2 rings (SSSR count). The van der Waals surface area contributed by atoms with Gasteiger partial charge in [-0.15, -0.1) is 0 Å². The molecule has 1 heterocycles. The van der Waals surface area contributed by atoms with Crippen LogP contribution in [-0.2, 0) is 10.0 Å². The van der Waals surface area contributed by atoms with E-state index in [0.717, 1.165) is 9.87 Å². The number of pyridine rings is 1. The van der Waals surface area contributed by atoms with E-state index in [9.17, 15) is 8.42 Å². The van der Waals surface area contributed by atoms with Crippen molar-refractivity contribution in [3.63, 3.8) is 0 Å². The Kier molecular flexibility index (Phi) is 3.44. The van der Waals surface area contributed by atoms with Gasteiger partial charge in [-0.05, 0) is 36.8 Å². The van der Waals surface area contributed by atoms with Crippen molar-refractivity contribution in [2.45, 2.75) is 11.8 Å². The van der Waals surface area contributed by atoms with E-state index in [2.05, 4.69) is 4.98 Å². The molecule has 0 amide bonds. The van der Waals surface area contributed by atoms with Crippen LogP contribution in [0.2, 0.25) is 0 Å². The van der Waals surface area contributed by atoms with E-state index >= 15 is 0 Å². The number of aromatic nitrogens is 1. The molecule has 2 N–H and O–H groups in total. The first-order valence-corrected chi connectivity index (χ1v) is 7.13. The Morgan fingerprint density at radius 1 is 1.21 bits per heavy atom. The number of nitrogens with zero attached hydrogens (tertiary/aromatic N) is 2. The fraction of sp³-hybridized carbons (Fsp3) is 0.154. The van der Waals surface area contributed by atoms with Crippen LogP contribution >= 0.6 is 0 Å². The predicted octanol–water partition coefficient (Wildman–Crippen LogP) is 1.80. The fourth-order valence-corrected chi connectivity index (χ4v) is 2.96. The summed E-state index contributed by atoms with van der Waals surface area (Å²) in [5.41, 5.74) is 6.95. The summed E-state index contributed by atoms with van der Waals surface area (Å²) in [6, 6.07) is 9.95. The largest absolute Gasteiger partial charge is 0.398 e. The topological polar surface area (TPSA) is 76.3 Å². The number of sulfonamides is 1. The van der Waals surface area contributed by atoms with E-state index in [0.29, 0.717) is 5.82 Å². The van der Waals surface area contributed by atoms with Crippen LogP contribution in [0.4, 0.5) is 11.5 Å². The molecule has 0 radical (unpaired) electrons. The van der Waals surface area contributed by atoms with Crippen molar-refractivity contribution in [1.82, 2.24) is 4.98 Å². The number of nitrogen functional groups attached to an aromatic ring is 1. The van der Waals surface area contributed by atoms with Crippen molar-refractivity contribution in [3.05, 3.63) is 48.2 Å². The number of aryl methyl sites for hydroxylation is 1.